The molecule has 5 rings (SSSR count). The molecule has 2 amide bonds. The number of nitrogens with one attached hydrogen (secondary N) is 1. The molecule has 0 bridgehead atoms. The third-order valence-corrected chi connectivity index (χ3v) is 13.1. The maximum atomic E-state index is 12.9. The third-order valence-electron chi connectivity index (χ3n) is 13.1. The van der Waals surface area contributed by atoms with E-state index < -0.39 is 85.9 Å². The van der Waals surface area contributed by atoms with Crippen molar-refractivity contribution in [2.24, 2.45) is 0 Å². The monoisotopic (exact) mass is 1290 g/mol. The molecule has 0 aromatic heterocycles. The van der Waals surface area contributed by atoms with Gasteiger partial charge in [-0.25, -0.2) is 19.2 Å². The molecule has 2 atom stereocenters. The number of hydrogen-bond acceptors (Lipinski definition) is 18. The van der Waals surface area contributed by atoms with Crippen molar-refractivity contribution in [3.63, 3.8) is 0 Å². The van der Waals surface area contributed by atoms with Crippen molar-refractivity contribution in [2.45, 2.75) is 136 Å². The summed E-state index contributed by atoms with van der Waals surface area (Å²) >= 11 is 0. The second-order valence-corrected chi connectivity index (χ2v) is 20.3. The summed E-state index contributed by atoms with van der Waals surface area (Å²) in [5.74, 6) is -1.13. The fraction of sp³-hybridized carbons (Fsp3) is 0.579. The highest BCUT2D eigenvalue weighted by Crippen LogP contribution is 2.38. The Morgan fingerprint density at radius 1 is 0.528 bits per heavy atom. The molecular weight excluding hydrogens is 1220 g/mol. The Balaban J connectivity index is 0.000000385. The lowest BCUT2D eigenvalue weighted by Gasteiger charge is -2.36. The summed E-state index contributed by atoms with van der Waals surface area (Å²) < 4.78 is 190. The Bertz CT molecular complexity index is 2720. The fourth-order valence-electron chi connectivity index (χ4n) is 8.81. The van der Waals surface area contributed by atoms with Crippen molar-refractivity contribution >= 4 is 47.8 Å². The van der Waals surface area contributed by atoms with Crippen LogP contribution in [0.2, 0.25) is 0 Å². The number of esters is 2. The topological polar surface area (TPSA) is 204 Å². The summed E-state index contributed by atoms with van der Waals surface area (Å²) in [5, 5.41) is 3.24. The number of nitrogens with zero attached hydrogens (tertiary/aromatic N) is 5. The lowest BCUT2D eigenvalue weighted by molar-refractivity contribution is -0.309. The molecule has 0 saturated carbocycles. The average Bonchev–Trinajstić information content (AvgIpc) is 3.29. The van der Waals surface area contributed by atoms with Crippen molar-refractivity contribution in [2.75, 3.05) is 88.9 Å². The normalized spacial score (nSPS) is 15.0. The lowest BCUT2D eigenvalue weighted by Crippen LogP contribution is -2.52. The van der Waals surface area contributed by atoms with Gasteiger partial charge in [-0.05, 0) is 80.5 Å². The molecule has 498 valence electrons. The van der Waals surface area contributed by atoms with Gasteiger partial charge < -0.3 is 57.9 Å². The van der Waals surface area contributed by atoms with Gasteiger partial charge in [-0.3, -0.25) is 19.4 Å². The van der Waals surface area contributed by atoms with Crippen LogP contribution in [-0.2, 0) is 67.1 Å². The molecule has 0 radical (unpaired) electrons. The molecule has 2 aliphatic heterocycles. The number of hydrogen-bond donors (Lipinski definition) is 1. The van der Waals surface area contributed by atoms with Gasteiger partial charge in [-0.2, -0.15) is 52.7 Å². The van der Waals surface area contributed by atoms with E-state index in [1.807, 2.05) is 90.4 Å². The molecule has 0 spiro atoms. The van der Waals surface area contributed by atoms with Crippen molar-refractivity contribution in [3.05, 3.63) is 94.5 Å². The fourth-order valence-corrected chi connectivity index (χ4v) is 8.81. The summed E-state index contributed by atoms with van der Waals surface area (Å²) in [6.07, 6.45) is -38.1. The second kappa shape index (κ2) is 34.4. The Morgan fingerprint density at radius 2 is 0.944 bits per heavy atom. The minimum Gasteiger partial charge on any atom is -0.435 e. The summed E-state index contributed by atoms with van der Waals surface area (Å²) in [4.78, 5) is 79.0. The first-order valence-corrected chi connectivity index (χ1v) is 28.1. The van der Waals surface area contributed by atoms with Gasteiger partial charge in [0.25, 0.3) is 12.2 Å². The maximum absolute atomic E-state index is 12.9. The largest absolute Gasteiger partial charge is 0.511 e. The van der Waals surface area contributed by atoms with E-state index in [4.69, 9.17) is 18.9 Å². The van der Waals surface area contributed by atoms with E-state index >= 15 is 0 Å². The maximum Gasteiger partial charge on any atom is 0.511 e. The van der Waals surface area contributed by atoms with Gasteiger partial charge in [0, 0.05) is 123 Å². The number of piperazine rings is 2. The number of aryl methyl sites for hydroxylation is 2. The molecule has 2 heterocycles. The number of anilines is 2. The van der Waals surface area contributed by atoms with Gasteiger partial charge in [-0.1, -0.05) is 54.6 Å². The first kappa shape index (κ1) is 73.8. The number of ether oxygens (including phenoxy) is 8. The highest BCUT2D eigenvalue weighted by molar-refractivity contribution is 5.71. The molecule has 1 N–H and O–H groups in total. The van der Waals surface area contributed by atoms with Crippen molar-refractivity contribution in [1.29, 1.82) is 0 Å². The quantitative estimate of drug-likeness (QED) is 0.0291. The van der Waals surface area contributed by atoms with Gasteiger partial charge in [0.15, 0.2) is 0 Å². The number of benzene rings is 3. The van der Waals surface area contributed by atoms with Crippen LogP contribution in [-0.4, -0.2) is 184 Å². The smallest absolute Gasteiger partial charge is 0.435 e. The highest BCUT2D eigenvalue weighted by atomic mass is 19.4. The molecule has 2 saturated heterocycles. The Hall–Kier alpha value is -7.64. The van der Waals surface area contributed by atoms with Crippen LogP contribution in [0.3, 0.4) is 0 Å². The molecule has 2 aliphatic rings. The predicted molar refractivity (Wildman–Crippen MR) is 293 cm³/mol. The van der Waals surface area contributed by atoms with Gasteiger partial charge in [0.05, 0.1) is 13.2 Å². The Kier molecular flexibility index (Phi) is 28.5. The van der Waals surface area contributed by atoms with E-state index in [2.05, 4.69) is 29.2 Å². The number of carbonyl (C=O) groups is 6. The summed E-state index contributed by atoms with van der Waals surface area (Å²) in [6.45, 7) is 12.4. The first-order valence-electron chi connectivity index (χ1n) is 28.1. The van der Waals surface area contributed by atoms with E-state index in [9.17, 15) is 81.5 Å². The second-order valence-electron chi connectivity index (χ2n) is 20.3. The molecule has 2 fully saturated rings. The van der Waals surface area contributed by atoms with Gasteiger partial charge in [-0.15, -0.1) is 0 Å². The van der Waals surface area contributed by atoms with Crippen molar-refractivity contribution < 1.29 is 119 Å². The van der Waals surface area contributed by atoms with Gasteiger partial charge in [0.2, 0.25) is 12.6 Å². The average molecular weight is 1290 g/mol. The van der Waals surface area contributed by atoms with Crippen LogP contribution in [0.1, 0.15) is 81.2 Å². The lowest BCUT2D eigenvalue weighted by atomic mass is 10.1. The minimum atomic E-state index is -5.79. The molecule has 2 unspecified atom stereocenters. The van der Waals surface area contributed by atoms with Crippen LogP contribution in [0.4, 0.5) is 83.2 Å². The van der Waals surface area contributed by atoms with Crippen LogP contribution >= 0.6 is 0 Å². The van der Waals surface area contributed by atoms with Crippen molar-refractivity contribution in [1.82, 2.24) is 19.6 Å². The molecule has 20 nitrogen and oxygen atoms in total. The molecule has 89 heavy (non-hydrogen) atoms. The Labute approximate surface area is 505 Å². The Morgan fingerprint density at radius 3 is 1.38 bits per heavy atom. The van der Waals surface area contributed by atoms with Crippen LogP contribution < -0.4 is 10.2 Å². The van der Waals surface area contributed by atoms with E-state index in [-0.39, 0.29) is 78.4 Å². The van der Waals surface area contributed by atoms with Crippen LogP contribution in [0.25, 0.3) is 0 Å². The highest BCUT2D eigenvalue weighted by Gasteiger charge is 2.61. The summed E-state index contributed by atoms with van der Waals surface area (Å²) in [5.41, 5.74) is 6.32. The zero-order valence-corrected chi connectivity index (χ0v) is 49.6. The molecular formula is C57H72F12N6O14. The van der Waals surface area contributed by atoms with Crippen LogP contribution in [0, 0.1) is 13.8 Å². The number of halogens is 12. The molecule has 32 heteroatoms. The first-order chi connectivity index (χ1) is 41.7. The standard InChI is InChI=1S/C32H39F6N3O7.C25H33F6N3O7/c1-4-45-30(44)47-23(3)46-27(42)11-8-14-41(20-24-9-6-5-7-10-24)26-19-22(2)12-13-25(26)21-39-15-17-40(18-16-39)29(43)48-28(31(33,34)35)32(36,37)38;1-4-38-23(37)40-17(3)39-20(35)6-5-9-32-19-14-16(2)7-8-18(19)15-33-10-12-34(13-11-33)22(36)41-21(24(26,27)28)25(29,30)31/h5-7,9-10,12-13,19,23,28H,4,8,11,14-18,20-21H2,1-3H3;7-8,14,17,21,32H,4-6,9-13,15H2,1-3H3. The zero-order chi connectivity index (χ0) is 66.3. The third kappa shape index (κ3) is 26.2. The minimum absolute atomic E-state index is 0.0323. The molecule has 0 aliphatic carbocycles. The van der Waals surface area contributed by atoms with E-state index in [0.29, 0.717) is 45.6 Å². The molecule has 3 aromatic carbocycles. The zero-order valence-electron chi connectivity index (χ0n) is 49.6. The summed E-state index contributed by atoms with van der Waals surface area (Å²) in [6, 6.07) is 21.1. The van der Waals surface area contributed by atoms with E-state index in [1.54, 1.807) is 13.8 Å². The molecule has 3 aromatic rings. The van der Waals surface area contributed by atoms with Gasteiger partial charge in [0.1, 0.15) is 0 Å². The van der Waals surface area contributed by atoms with E-state index in [1.165, 1.54) is 13.8 Å². The van der Waals surface area contributed by atoms with E-state index in [0.717, 1.165) is 49.0 Å². The number of alkyl halides is 12. The van der Waals surface area contributed by atoms with Crippen LogP contribution in [0.15, 0.2) is 66.7 Å². The number of amides is 2. The predicted octanol–water partition coefficient (Wildman–Crippen LogP) is 11.6. The number of carbonyl (C=O) groups excluding carboxylic acids is 6. The van der Waals surface area contributed by atoms with Gasteiger partial charge >= 0.3 is 61.1 Å². The summed E-state index contributed by atoms with van der Waals surface area (Å²) in [7, 11) is 0. The number of rotatable bonds is 24. The SMILES string of the molecule is CCOC(=O)OC(C)OC(=O)CCCN(Cc1ccccc1)c1cc(C)ccc1CN1CCN(C(=O)OC(C(F)(F)F)C(F)(F)F)CC1.CCOC(=O)OC(C)OC(=O)CCCNc1cc(C)ccc1CN1CCN(C(=O)OC(C(F)(F)F)C(F)(F)F)CC1. The van der Waals surface area contributed by atoms with Crippen molar-refractivity contribution in [3.8, 4) is 0 Å². The van der Waals surface area contributed by atoms with Crippen LogP contribution in [0.5, 0.6) is 0 Å².